The number of aliphatic hydroxyl groups is 1. The van der Waals surface area contributed by atoms with E-state index in [9.17, 15) is 14.3 Å². The smallest absolute Gasteiger partial charge is 0.247 e. The summed E-state index contributed by atoms with van der Waals surface area (Å²) in [6.07, 6.45) is 13.3. The molecule has 0 spiro atoms. The van der Waals surface area contributed by atoms with Gasteiger partial charge in [0.25, 0.3) is 0 Å². The van der Waals surface area contributed by atoms with Crippen LogP contribution in [0.15, 0.2) is 71.7 Å². The molecule has 1 aliphatic carbocycles. The van der Waals surface area contributed by atoms with E-state index in [-0.39, 0.29) is 23.6 Å². The van der Waals surface area contributed by atoms with Crippen LogP contribution in [0.1, 0.15) is 54.4 Å². The highest BCUT2D eigenvalue weighted by Gasteiger charge is 2.26. The number of hydrogen-bond donors (Lipinski definition) is 2. The summed E-state index contributed by atoms with van der Waals surface area (Å²) in [7, 11) is 0. The zero-order chi connectivity index (χ0) is 23.6. The minimum absolute atomic E-state index is 0.0303. The fourth-order valence-corrected chi connectivity index (χ4v) is 2.80. The van der Waals surface area contributed by atoms with Gasteiger partial charge in [0.1, 0.15) is 5.83 Å². The van der Waals surface area contributed by atoms with Crippen molar-refractivity contribution >= 4 is 5.91 Å². The SMILES string of the molecule is C=CC(C#CC1=CC(F)=CC=CC1CC)=CC=C(C(=O)NC(C)C(C)(C)O)C(C)CC. The van der Waals surface area contributed by atoms with Crippen LogP contribution >= 0.6 is 0 Å². The predicted octanol–water partition coefficient (Wildman–Crippen LogP) is 5.73. The number of amides is 1. The summed E-state index contributed by atoms with van der Waals surface area (Å²) >= 11 is 0. The Morgan fingerprint density at radius 3 is 2.58 bits per heavy atom. The van der Waals surface area contributed by atoms with Gasteiger partial charge < -0.3 is 10.4 Å². The summed E-state index contributed by atoms with van der Waals surface area (Å²) in [6.45, 7) is 14.9. The lowest BCUT2D eigenvalue weighted by molar-refractivity contribution is -0.120. The van der Waals surface area contributed by atoms with Crippen molar-refractivity contribution in [1.82, 2.24) is 5.32 Å². The molecule has 0 radical (unpaired) electrons. The van der Waals surface area contributed by atoms with Crippen LogP contribution < -0.4 is 5.32 Å². The first-order valence-corrected chi connectivity index (χ1v) is 10.9. The van der Waals surface area contributed by atoms with Gasteiger partial charge in [-0.05, 0) is 57.8 Å². The summed E-state index contributed by atoms with van der Waals surface area (Å²) in [5.41, 5.74) is 0.930. The third-order valence-corrected chi connectivity index (χ3v) is 5.56. The van der Waals surface area contributed by atoms with E-state index < -0.39 is 11.6 Å². The maximum Gasteiger partial charge on any atom is 0.247 e. The van der Waals surface area contributed by atoms with E-state index in [2.05, 4.69) is 23.7 Å². The molecule has 0 aliphatic heterocycles. The van der Waals surface area contributed by atoms with E-state index in [1.165, 1.54) is 12.2 Å². The van der Waals surface area contributed by atoms with Gasteiger partial charge in [0.15, 0.2) is 0 Å². The molecule has 0 fully saturated rings. The normalized spacial score (nSPS) is 19.3. The molecule has 1 aliphatic rings. The molecule has 2 N–H and O–H groups in total. The first-order valence-electron chi connectivity index (χ1n) is 10.9. The van der Waals surface area contributed by atoms with E-state index in [1.54, 1.807) is 45.1 Å². The predicted molar refractivity (Wildman–Crippen MR) is 128 cm³/mol. The molecule has 0 heterocycles. The Kier molecular flexibility index (Phi) is 10.4. The lowest BCUT2D eigenvalue weighted by atomic mass is 9.94. The average molecular weight is 426 g/mol. The van der Waals surface area contributed by atoms with Crippen LogP contribution in [0, 0.1) is 23.7 Å². The number of hydrogen-bond acceptors (Lipinski definition) is 2. The maximum atomic E-state index is 13.8. The number of nitrogens with one attached hydrogen (secondary N) is 1. The van der Waals surface area contributed by atoms with Crippen LogP contribution in [-0.2, 0) is 4.79 Å². The molecule has 3 unspecified atom stereocenters. The number of halogens is 1. The Hall–Kier alpha value is -2.64. The van der Waals surface area contributed by atoms with Crippen LogP contribution in [0.25, 0.3) is 0 Å². The molecule has 4 heteroatoms. The fourth-order valence-electron chi connectivity index (χ4n) is 2.80. The molecular formula is C27H36FNO2. The third kappa shape index (κ3) is 8.55. The Bertz CT molecular complexity index is 869. The topological polar surface area (TPSA) is 49.3 Å². The quantitative estimate of drug-likeness (QED) is 0.297. The third-order valence-electron chi connectivity index (χ3n) is 5.56. The summed E-state index contributed by atoms with van der Waals surface area (Å²) in [4.78, 5) is 12.8. The number of carbonyl (C=O) groups excluding carboxylic acids is 1. The van der Waals surface area contributed by atoms with Gasteiger partial charge in [-0.25, -0.2) is 4.39 Å². The van der Waals surface area contributed by atoms with Gasteiger partial charge in [-0.3, -0.25) is 4.79 Å². The second kappa shape index (κ2) is 12.3. The van der Waals surface area contributed by atoms with Crippen molar-refractivity contribution in [2.45, 2.75) is 66.0 Å². The summed E-state index contributed by atoms with van der Waals surface area (Å²) in [6, 6.07) is -0.403. The monoisotopic (exact) mass is 425 g/mol. The van der Waals surface area contributed by atoms with Gasteiger partial charge in [-0.1, -0.05) is 63.5 Å². The van der Waals surface area contributed by atoms with Crippen molar-refractivity contribution < 1.29 is 14.3 Å². The van der Waals surface area contributed by atoms with E-state index in [0.717, 1.165) is 12.8 Å². The van der Waals surface area contributed by atoms with Gasteiger partial charge in [0.05, 0.1) is 11.6 Å². The highest BCUT2D eigenvalue weighted by Crippen LogP contribution is 2.22. The molecule has 1 rings (SSSR count). The second-order valence-electron chi connectivity index (χ2n) is 8.41. The second-order valence-corrected chi connectivity index (χ2v) is 8.41. The van der Waals surface area contributed by atoms with E-state index >= 15 is 0 Å². The molecular weight excluding hydrogens is 389 g/mol. The summed E-state index contributed by atoms with van der Waals surface area (Å²) < 4.78 is 13.8. The van der Waals surface area contributed by atoms with Gasteiger partial charge >= 0.3 is 0 Å². The lowest BCUT2D eigenvalue weighted by Crippen LogP contribution is -2.48. The van der Waals surface area contributed by atoms with Crippen molar-refractivity contribution in [3.05, 3.63) is 71.7 Å². The standard InChI is InChI=1S/C27H36FNO2/c1-8-19(4)25(26(30)29-20(5)27(6,7)31)17-15-21(9-2)14-16-23-18-24(28)13-11-12-22(23)10-3/h9,11-13,15,17-20,22,31H,2,8,10H2,1,3-7H3,(H,29,30). The average Bonchev–Trinajstić information content (AvgIpc) is 2.89. The highest BCUT2D eigenvalue weighted by atomic mass is 19.1. The van der Waals surface area contributed by atoms with Gasteiger partial charge in [0.2, 0.25) is 5.91 Å². The zero-order valence-corrected chi connectivity index (χ0v) is 19.6. The molecule has 168 valence electrons. The van der Waals surface area contributed by atoms with Crippen LogP contribution in [0.5, 0.6) is 0 Å². The molecule has 3 atom stereocenters. The Balaban J connectivity index is 3.21. The number of rotatable bonds is 8. The van der Waals surface area contributed by atoms with Crippen molar-refractivity contribution in [2.24, 2.45) is 11.8 Å². The highest BCUT2D eigenvalue weighted by molar-refractivity contribution is 5.94. The Labute approximate surface area is 187 Å². The van der Waals surface area contributed by atoms with Crippen molar-refractivity contribution in [3.63, 3.8) is 0 Å². The Morgan fingerprint density at radius 2 is 2.03 bits per heavy atom. The molecule has 0 saturated heterocycles. The van der Waals surface area contributed by atoms with E-state index in [0.29, 0.717) is 16.7 Å². The molecule has 3 nitrogen and oxygen atoms in total. The lowest BCUT2D eigenvalue weighted by Gasteiger charge is -2.27. The van der Waals surface area contributed by atoms with Crippen molar-refractivity contribution in [2.75, 3.05) is 0 Å². The van der Waals surface area contributed by atoms with E-state index in [4.69, 9.17) is 0 Å². The minimum atomic E-state index is -1.02. The molecule has 0 aromatic heterocycles. The molecule has 1 amide bonds. The van der Waals surface area contributed by atoms with Gasteiger partial charge in [0, 0.05) is 22.6 Å². The van der Waals surface area contributed by atoms with Crippen LogP contribution in [0.3, 0.4) is 0 Å². The van der Waals surface area contributed by atoms with Crippen LogP contribution in [0.4, 0.5) is 4.39 Å². The zero-order valence-electron chi connectivity index (χ0n) is 19.6. The molecule has 0 aromatic rings. The first-order chi connectivity index (χ1) is 14.5. The van der Waals surface area contributed by atoms with Gasteiger partial charge in [-0.2, -0.15) is 0 Å². The Morgan fingerprint density at radius 1 is 1.35 bits per heavy atom. The summed E-state index contributed by atoms with van der Waals surface area (Å²) in [5, 5.41) is 13.0. The van der Waals surface area contributed by atoms with Crippen molar-refractivity contribution in [1.29, 1.82) is 0 Å². The minimum Gasteiger partial charge on any atom is -0.388 e. The molecule has 0 aromatic carbocycles. The number of carbonyl (C=O) groups is 1. The van der Waals surface area contributed by atoms with Crippen LogP contribution in [0.2, 0.25) is 0 Å². The molecule has 0 bridgehead atoms. The largest absolute Gasteiger partial charge is 0.388 e. The summed E-state index contributed by atoms with van der Waals surface area (Å²) in [5.74, 6) is 5.67. The first kappa shape index (κ1) is 26.4. The van der Waals surface area contributed by atoms with E-state index in [1.807, 2.05) is 26.8 Å². The number of allylic oxidation sites excluding steroid dienone is 10. The van der Waals surface area contributed by atoms with Gasteiger partial charge in [-0.15, -0.1) is 0 Å². The fraction of sp³-hybridized carbons (Fsp3) is 0.444. The maximum absolute atomic E-state index is 13.8. The van der Waals surface area contributed by atoms with Crippen molar-refractivity contribution in [3.8, 4) is 11.8 Å². The van der Waals surface area contributed by atoms with Crippen LogP contribution in [-0.4, -0.2) is 22.7 Å². The molecule has 0 saturated carbocycles. The molecule has 31 heavy (non-hydrogen) atoms.